The van der Waals surface area contributed by atoms with Crippen molar-refractivity contribution in [1.82, 2.24) is 14.9 Å². The number of carbonyl (C=O) groups is 2. The van der Waals surface area contributed by atoms with Crippen molar-refractivity contribution in [3.8, 4) is 6.07 Å². The van der Waals surface area contributed by atoms with Gasteiger partial charge in [0.2, 0.25) is 12.4 Å². The zero-order valence-electron chi connectivity index (χ0n) is 13.4. The lowest BCUT2D eigenvalue weighted by atomic mass is 10.2. The number of piperazine rings is 1. The van der Waals surface area contributed by atoms with Gasteiger partial charge in [0.25, 0.3) is 5.91 Å². The van der Waals surface area contributed by atoms with E-state index in [1.165, 1.54) is 12.3 Å². The van der Waals surface area contributed by atoms with Gasteiger partial charge in [0.05, 0.1) is 11.6 Å². The van der Waals surface area contributed by atoms with Gasteiger partial charge in [-0.15, -0.1) is 0 Å². The maximum Gasteiger partial charge on any atom is 0.274 e. The Morgan fingerprint density at radius 3 is 2.76 bits per heavy atom. The van der Waals surface area contributed by atoms with Crippen molar-refractivity contribution >= 4 is 24.0 Å². The van der Waals surface area contributed by atoms with Crippen molar-refractivity contribution in [2.24, 2.45) is 0 Å². The van der Waals surface area contributed by atoms with Crippen molar-refractivity contribution in [3.05, 3.63) is 47.8 Å². The molecular formula is C17H16N6O2. The first-order chi connectivity index (χ1) is 12.2. The minimum atomic E-state index is -0.370. The Morgan fingerprint density at radius 1 is 1.24 bits per heavy atom. The monoisotopic (exact) mass is 336 g/mol. The molecule has 1 aromatic heterocycles. The van der Waals surface area contributed by atoms with E-state index >= 15 is 0 Å². The Labute approximate surface area is 144 Å². The standard InChI is InChI=1S/C17H16N6O2/c18-11-13-2-1-3-14(10-13)20-16(25)15-4-5-19-17(21-15)23-8-6-22(12-24)7-9-23/h1-5,10,12H,6-9H2,(H,20,25). The second-order valence-electron chi connectivity index (χ2n) is 5.52. The summed E-state index contributed by atoms with van der Waals surface area (Å²) in [5.74, 6) is 0.0919. The molecule has 8 heteroatoms. The van der Waals surface area contributed by atoms with Crippen LogP contribution >= 0.6 is 0 Å². The van der Waals surface area contributed by atoms with E-state index in [4.69, 9.17) is 5.26 Å². The highest BCUT2D eigenvalue weighted by molar-refractivity contribution is 6.03. The van der Waals surface area contributed by atoms with Crippen LogP contribution in [0.2, 0.25) is 0 Å². The molecule has 0 bridgehead atoms. The van der Waals surface area contributed by atoms with E-state index < -0.39 is 0 Å². The lowest BCUT2D eigenvalue weighted by Crippen LogP contribution is -2.46. The molecule has 3 rings (SSSR count). The normalized spacial score (nSPS) is 13.9. The largest absolute Gasteiger partial charge is 0.342 e. The molecule has 8 nitrogen and oxygen atoms in total. The molecular weight excluding hydrogens is 320 g/mol. The SMILES string of the molecule is N#Cc1cccc(NC(=O)c2ccnc(N3CCN(C=O)CC3)n2)c1. The van der Waals surface area contributed by atoms with Crippen LogP contribution in [0.3, 0.4) is 0 Å². The minimum Gasteiger partial charge on any atom is -0.342 e. The van der Waals surface area contributed by atoms with Crippen molar-refractivity contribution in [2.45, 2.75) is 0 Å². The van der Waals surface area contributed by atoms with Gasteiger partial charge in [0, 0.05) is 38.1 Å². The van der Waals surface area contributed by atoms with E-state index in [1.807, 2.05) is 11.0 Å². The van der Waals surface area contributed by atoms with E-state index in [-0.39, 0.29) is 11.6 Å². The van der Waals surface area contributed by atoms with Crippen LogP contribution in [0.4, 0.5) is 11.6 Å². The molecule has 1 saturated heterocycles. The maximum atomic E-state index is 12.4. The van der Waals surface area contributed by atoms with E-state index in [0.29, 0.717) is 43.4 Å². The molecule has 0 radical (unpaired) electrons. The van der Waals surface area contributed by atoms with Crippen LogP contribution in [0.15, 0.2) is 36.5 Å². The van der Waals surface area contributed by atoms with Crippen molar-refractivity contribution < 1.29 is 9.59 Å². The van der Waals surface area contributed by atoms with E-state index in [0.717, 1.165) is 6.41 Å². The van der Waals surface area contributed by atoms with Gasteiger partial charge < -0.3 is 15.1 Å². The summed E-state index contributed by atoms with van der Waals surface area (Å²) in [5, 5.41) is 11.6. The summed E-state index contributed by atoms with van der Waals surface area (Å²) >= 11 is 0. The van der Waals surface area contributed by atoms with Crippen molar-refractivity contribution in [1.29, 1.82) is 5.26 Å². The quantitative estimate of drug-likeness (QED) is 0.832. The highest BCUT2D eigenvalue weighted by Gasteiger charge is 2.19. The summed E-state index contributed by atoms with van der Waals surface area (Å²) in [6, 6.07) is 10.2. The first-order valence-electron chi connectivity index (χ1n) is 7.78. The average Bonchev–Trinajstić information content (AvgIpc) is 2.68. The van der Waals surface area contributed by atoms with E-state index in [1.54, 1.807) is 29.2 Å². The number of nitrogens with zero attached hydrogens (tertiary/aromatic N) is 5. The number of benzene rings is 1. The van der Waals surface area contributed by atoms with Crippen LogP contribution in [0.5, 0.6) is 0 Å². The minimum absolute atomic E-state index is 0.241. The summed E-state index contributed by atoms with van der Waals surface area (Å²) in [6.07, 6.45) is 2.37. The summed E-state index contributed by atoms with van der Waals surface area (Å²) in [4.78, 5) is 35.3. The molecule has 25 heavy (non-hydrogen) atoms. The summed E-state index contributed by atoms with van der Waals surface area (Å²) in [5.41, 5.74) is 1.24. The van der Waals surface area contributed by atoms with Gasteiger partial charge in [-0.05, 0) is 24.3 Å². The number of anilines is 2. The fourth-order valence-corrected chi connectivity index (χ4v) is 2.52. The van der Waals surface area contributed by atoms with Gasteiger partial charge in [-0.3, -0.25) is 9.59 Å². The molecule has 126 valence electrons. The Morgan fingerprint density at radius 2 is 2.04 bits per heavy atom. The number of amides is 2. The Balaban J connectivity index is 1.71. The first kappa shape index (κ1) is 16.4. The van der Waals surface area contributed by atoms with Crippen molar-refractivity contribution in [2.75, 3.05) is 36.4 Å². The zero-order valence-corrected chi connectivity index (χ0v) is 13.4. The second-order valence-corrected chi connectivity index (χ2v) is 5.52. The van der Waals surface area contributed by atoms with Crippen molar-refractivity contribution in [3.63, 3.8) is 0 Å². The molecule has 0 saturated carbocycles. The van der Waals surface area contributed by atoms with Gasteiger partial charge in [-0.2, -0.15) is 5.26 Å². The molecule has 1 fully saturated rings. The summed E-state index contributed by atoms with van der Waals surface area (Å²) in [6.45, 7) is 2.44. The predicted octanol–water partition coefficient (Wildman–Crippen LogP) is 0.879. The van der Waals surface area contributed by atoms with E-state index in [2.05, 4.69) is 15.3 Å². The zero-order chi connectivity index (χ0) is 17.6. The predicted molar refractivity (Wildman–Crippen MR) is 91.0 cm³/mol. The molecule has 1 N–H and O–H groups in total. The molecule has 0 unspecified atom stereocenters. The molecule has 0 atom stereocenters. The van der Waals surface area contributed by atoms with Gasteiger partial charge in [-0.25, -0.2) is 9.97 Å². The van der Waals surface area contributed by atoms with Gasteiger partial charge >= 0.3 is 0 Å². The van der Waals surface area contributed by atoms with Crippen LogP contribution < -0.4 is 10.2 Å². The fourth-order valence-electron chi connectivity index (χ4n) is 2.52. The maximum absolute atomic E-state index is 12.4. The summed E-state index contributed by atoms with van der Waals surface area (Å²) in [7, 11) is 0. The number of nitriles is 1. The highest BCUT2D eigenvalue weighted by Crippen LogP contribution is 2.14. The molecule has 2 amide bonds. The lowest BCUT2D eigenvalue weighted by molar-refractivity contribution is -0.118. The third kappa shape index (κ3) is 3.90. The third-order valence-electron chi connectivity index (χ3n) is 3.87. The van der Waals surface area contributed by atoms with Crippen LogP contribution in [0.1, 0.15) is 16.1 Å². The Bertz CT molecular complexity index is 824. The Hall–Kier alpha value is -3.47. The number of rotatable bonds is 4. The van der Waals surface area contributed by atoms with Crippen LogP contribution in [-0.2, 0) is 4.79 Å². The second kappa shape index (κ2) is 7.40. The lowest BCUT2D eigenvalue weighted by Gasteiger charge is -2.32. The Kier molecular flexibility index (Phi) is 4.85. The molecule has 2 heterocycles. The molecule has 2 aromatic rings. The van der Waals surface area contributed by atoms with Gasteiger partial charge in [0.15, 0.2) is 0 Å². The number of hydrogen-bond donors (Lipinski definition) is 1. The average molecular weight is 336 g/mol. The van der Waals surface area contributed by atoms with Gasteiger partial charge in [-0.1, -0.05) is 6.07 Å². The number of nitrogens with one attached hydrogen (secondary N) is 1. The topological polar surface area (TPSA) is 102 Å². The molecule has 1 aliphatic rings. The first-order valence-corrected chi connectivity index (χ1v) is 7.78. The molecule has 1 aromatic carbocycles. The molecule has 0 aliphatic carbocycles. The molecule has 0 spiro atoms. The molecule has 1 aliphatic heterocycles. The number of carbonyl (C=O) groups excluding carboxylic acids is 2. The van der Waals surface area contributed by atoms with E-state index in [9.17, 15) is 9.59 Å². The van der Waals surface area contributed by atoms with Gasteiger partial charge in [0.1, 0.15) is 5.69 Å². The van der Waals surface area contributed by atoms with Crippen LogP contribution in [-0.4, -0.2) is 53.4 Å². The van der Waals surface area contributed by atoms with Crippen LogP contribution in [0, 0.1) is 11.3 Å². The number of aromatic nitrogens is 2. The fraction of sp³-hybridized carbons (Fsp3) is 0.235. The summed E-state index contributed by atoms with van der Waals surface area (Å²) < 4.78 is 0. The third-order valence-corrected chi connectivity index (χ3v) is 3.87. The highest BCUT2D eigenvalue weighted by atomic mass is 16.2. The number of hydrogen-bond acceptors (Lipinski definition) is 6. The van der Waals surface area contributed by atoms with Crippen LogP contribution in [0.25, 0.3) is 0 Å². The smallest absolute Gasteiger partial charge is 0.274 e.